The van der Waals surface area contributed by atoms with E-state index in [-0.39, 0.29) is 0 Å². The largest absolute Gasteiger partial charge is 0.381 e. The van der Waals surface area contributed by atoms with Crippen molar-refractivity contribution in [1.82, 2.24) is 9.97 Å². The standard InChI is InChI=1S/C13H22IN3O/c1-4-8-15-13-12(14)10(5-2)16-11(17-13)7-9-18-6-3/h4-9H2,1-3H3,(H,15,16,17). The lowest BCUT2D eigenvalue weighted by Gasteiger charge is -2.12. The van der Waals surface area contributed by atoms with Crippen LogP contribution in [-0.2, 0) is 17.6 Å². The second-order valence-electron chi connectivity index (χ2n) is 3.98. The maximum absolute atomic E-state index is 5.36. The Morgan fingerprint density at radius 3 is 2.61 bits per heavy atom. The summed E-state index contributed by atoms with van der Waals surface area (Å²) < 4.78 is 6.50. The Bertz CT molecular complexity index is 371. The van der Waals surface area contributed by atoms with Gasteiger partial charge in [-0.25, -0.2) is 9.97 Å². The van der Waals surface area contributed by atoms with Gasteiger partial charge in [0.2, 0.25) is 0 Å². The topological polar surface area (TPSA) is 47.0 Å². The average molecular weight is 363 g/mol. The Hall–Kier alpha value is -0.430. The molecule has 1 heterocycles. The molecule has 102 valence electrons. The second kappa shape index (κ2) is 8.63. The van der Waals surface area contributed by atoms with Crippen molar-refractivity contribution in [1.29, 1.82) is 0 Å². The minimum atomic E-state index is 0.688. The number of aromatic nitrogens is 2. The van der Waals surface area contributed by atoms with E-state index in [4.69, 9.17) is 4.74 Å². The monoisotopic (exact) mass is 363 g/mol. The third kappa shape index (κ3) is 4.68. The molecular weight excluding hydrogens is 341 g/mol. The van der Waals surface area contributed by atoms with Crippen molar-refractivity contribution in [3.63, 3.8) is 0 Å². The fourth-order valence-electron chi connectivity index (χ4n) is 1.56. The summed E-state index contributed by atoms with van der Waals surface area (Å²) in [5.74, 6) is 1.84. The molecule has 0 aliphatic heterocycles. The minimum Gasteiger partial charge on any atom is -0.381 e. The van der Waals surface area contributed by atoms with Crippen molar-refractivity contribution in [2.24, 2.45) is 0 Å². The molecule has 0 unspecified atom stereocenters. The first kappa shape index (κ1) is 15.6. The van der Waals surface area contributed by atoms with Gasteiger partial charge in [0.1, 0.15) is 11.6 Å². The molecule has 4 nitrogen and oxygen atoms in total. The third-order valence-electron chi connectivity index (χ3n) is 2.52. The van der Waals surface area contributed by atoms with Crippen LogP contribution in [0.1, 0.15) is 38.7 Å². The minimum absolute atomic E-state index is 0.688. The molecule has 0 spiro atoms. The van der Waals surface area contributed by atoms with E-state index in [1.807, 2.05) is 6.92 Å². The fourth-order valence-corrected chi connectivity index (χ4v) is 2.37. The van der Waals surface area contributed by atoms with Crippen LogP contribution in [-0.4, -0.2) is 29.7 Å². The van der Waals surface area contributed by atoms with Crippen LogP contribution in [0.5, 0.6) is 0 Å². The lowest BCUT2D eigenvalue weighted by atomic mass is 10.3. The third-order valence-corrected chi connectivity index (χ3v) is 3.65. The van der Waals surface area contributed by atoms with Crippen molar-refractivity contribution in [2.45, 2.75) is 40.0 Å². The van der Waals surface area contributed by atoms with Gasteiger partial charge in [0, 0.05) is 19.6 Å². The Morgan fingerprint density at radius 1 is 1.22 bits per heavy atom. The first-order chi connectivity index (χ1) is 8.72. The summed E-state index contributed by atoms with van der Waals surface area (Å²) in [6.45, 7) is 8.65. The van der Waals surface area contributed by atoms with Crippen molar-refractivity contribution in [3.05, 3.63) is 15.1 Å². The molecule has 0 radical (unpaired) electrons. The van der Waals surface area contributed by atoms with Gasteiger partial charge < -0.3 is 10.1 Å². The number of ether oxygens (including phenoxy) is 1. The van der Waals surface area contributed by atoms with Gasteiger partial charge in [0.25, 0.3) is 0 Å². The Morgan fingerprint density at radius 2 is 2.00 bits per heavy atom. The zero-order valence-electron chi connectivity index (χ0n) is 11.4. The molecule has 5 heteroatoms. The summed E-state index contributed by atoms with van der Waals surface area (Å²) in [6, 6.07) is 0. The van der Waals surface area contributed by atoms with Crippen LogP contribution in [0.2, 0.25) is 0 Å². The Balaban J connectivity index is 2.83. The maximum Gasteiger partial charge on any atom is 0.143 e. The van der Waals surface area contributed by atoms with Gasteiger partial charge in [-0.15, -0.1) is 0 Å². The lowest BCUT2D eigenvalue weighted by Crippen LogP contribution is -2.12. The van der Waals surface area contributed by atoms with Crippen molar-refractivity contribution >= 4 is 28.4 Å². The molecule has 0 aromatic carbocycles. The molecular formula is C13H22IN3O. The van der Waals surface area contributed by atoms with Gasteiger partial charge in [-0.05, 0) is 42.4 Å². The van der Waals surface area contributed by atoms with E-state index < -0.39 is 0 Å². The predicted octanol–water partition coefficient (Wildman–Crippen LogP) is 3.04. The number of nitrogens with zero attached hydrogens (tertiary/aromatic N) is 2. The molecule has 0 fully saturated rings. The molecule has 0 bridgehead atoms. The van der Waals surface area contributed by atoms with Gasteiger partial charge in [0.05, 0.1) is 15.9 Å². The summed E-state index contributed by atoms with van der Waals surface area (Å²) in [6.07, 6.45) is 2.80. The normalized spacial score (nSPS) is 10.7. The molecule has 0 aliphatic rings. The molecule has 18 heavy (non-hydrogen) atoms. The molecule has 0 aliphatic carbocycles. The number of rotatable bonds is 8. The smallest absolute Gasteiger partial charge is 0.143 e. The van der Waals surface area contributed by atoms with Crippen molar-refractivity contribution < 1.29 is 4.74 Å². The van der Waals surface area contributed by atoms with Crippen molar-refractivity contribution in [3.8, 4) is 0 Å². The van der Waals surface area contributed by atoms with E-state index in [9.17, 15) is 0 Å². The number of hydrogen-bond acceptors (Lipinski definition) is 4. The molecule has 0 atom stereocenters. The van der Waals surface area contributed by atoms with Crippen LogP contribution in [0.25, 0.3) is 0 Å². The van der Waals surface area contributed by atoms with E-state index in [0.29, 0.717) is 6.61 Å². The summed E-state index contributed by atoms with van der Waals surface area (Å²) >= 11 is 2.32. The van der Waals surface area contributed by atoms with Crippen LogP contribution in [0, 0.1) is 3.57 Å². The zero-order valence-corrected chi connectivity index (χ0v) is 13.6. The number of nitrogens with one attached hydrogen (secondary N) is 1. The highest BCUT2D eigenvalue weighted by atomic mass is 127. The van der Waals surface area contributed by atoms with Gasteiger partial charge in [0.15, 0.2) is 0 Å². The van der Waals surface area contributed by atoms with Gasteiger partial charge in [-0.3, -0.25) is 0 Å². The van der Waals surface area contributed by atoms with E-state index in [1.165, 1.54) is 0 Å². The SMILES string of the molecule is CCCNc1nc(CCOCC)nc(CC)c1I. The average Bonchev–Trinajstić information content (AvgIpc) is 2.39. The highest BCUT2D eigenvalue weighted by molar-refractivity contribution is 14.1. The number of hydrogen-bond donors (Lipinski definition) is 1. The molecule has 0 saturated carbocycles. The van der Waals surface area contributed by atoms with Gasteiger partial charge in [-0.1, -0.05) is 13.8 Å². The Labute approximate surface area is 123 Å². The van der Waals surface area contributed by atoms with E-state index in [2.05, 4.69) is 51.7 Å². The molecule has 1 aromatic rings. The Kier molecular flexibility index (Phi) is 7.50. The molecule has 0 amide bonds. The van der Waals surface area contributed by atoms with E-state index in [1.54, 1.807) is 0 Å². The summed E-state index contributed by atoms with van der Waals surface area (Å²) in [7, 11) is 0. The summed E-state index contributed by atoms with van der Waals surface area (Å²) in [4.78, 5) is 9.17. The zero-order chi connectivity index (χ0) is 13.4. The van der Waals surface area contributed by atoms with Gasteiger partial charge >= 0.3 is 0 Å². The van der Waals surface area contributed by atoms with Crippen LogP contribution in [0.3, 0.4) is 0 Å². The maximum atomic E-state index is 5.36. The number of anilines is 1. The lowest BCUT2D eigenvalue weighted by molar-refractivity contribution is 0.149. The second-order valence-corrected chi connectivity index (χ2v) is 5.06. The van der Waals surface area contributed by atoms with Crippen LogP contribution in [0.4, 0.5) is 5.82 Å². The van der Waals surface area contributed by atoms with Gasteiger partial charge in [-0.2, -0.15) is 0 Å². The number of halogens is 1. The van der Waals surface area contributed by atoms with Crippen LogP contribution in [0.15, 0.2) is 0 Å². The molecule has 1 aromatic heterocycles. The molecule has 1 N–H and O–H groups in total. The predicted molar refractivity (Wildman–Crippen MR) is 83.1 cm³/mol. The first-order valence-corrected chi connectivity index (χ1v) is 7.67. The highest BCUT2D eigenvalue weighted by Gasteiger charge is 2.10. The van der Waals surface area contributed by atoms with E-state index in [0.717, 1.165) is 53.3 Å². The van der Waals surface area contributed by atoms with Crippen molar-refractivity contribution in [2.75, 3.05) is 25.1 Å². The first-order valence-electron chi connectivity index (χ1n) is 6.59. The van der Waals surface area contributed by atoms with Crippen LogP contribution >= 0.6 is 22.6 Å². The quantitative estimate of drug-likeness (QED) is 0.570. The number of aryl methyl sites for hydroxylation is 1. The molecule has 1 rings (SSSR count). The van der Waals surface area contributed by atoms with E-state index >= 15 is 0 Å². The summed E-state index contributed by atoms with van der Waals surface area (Å²) in [5.41, 5.74) is 1.12. The molecule has 0 saturated heterocycles. The summed E-state index contributed by atoms with van der Waals surface area (Å²) in [5, 5.41) is 3.37. The fraction of sp³-hybridized carbons (Fsp3) is 0.692. The van der Waals surface area contributed by atoms with Crippen LogP contribution < -0.4 is 5.32 Å². The highest BCUT2D eigenvalue weighted by Crippen LogP contribution is 2.20.